The lowest BCUT2D eigenvalue weighted by molar-refractivity contribution is 0.00955. The molecular formula is C33H47NO5. The van der Waals surface area contributed by atoms with Crippen molar-refractivity contribution in [1.82, 2.24) is 4.90 Å². The number of aliphatic hydroxyl groups is 1. The first-order valence-electron chi connectivity index (χ1n) is 14.5. The third kappa shape index (κ3) is 12.3. The van der Waals surface area contributed by atoms with Gasteiger partial charge < -0.3 is 24.2 Å². The van der Waals surface area contributed by atoms with E-state index in [9.17, 15) is 9.90 Å². The standard InChI is InChI=1S/C33H47NO5/c1-33(2,3)39-32(36)34-25-29(35)24-28(34)26-37-23-15-10-8-6-4-5-7-9-12-16-27-19-21-31(22-20-27)38-30-17-13-11-14-18-30/h11-14,16-22,28-29,35H,4-10,15,23-26H2,1-3H3/b16-12+/t28-,29+/m0/s1. The SMILES string of the molecule is CC(C)(C)OC(=O)N1C[C@H](O)C[C@H]1COCCCCCCCCC/C=C/c1ccc(Oc2ccccc2)cc1. The first-order valence-corrected chi connectivity index (χ1v) is 14.5. The predicted octanol–water partition coefficient (Wildman–Crippen LogP) is 8.00. The Kier molecular flexibility index (Phi) is 12.8. The van der Waals surface area contributed by atoms with Gasteiger partial charge in [-0.1, -0.05) is 74.6 Å². The third-order valence-corrected chi connectivity index (χ3v) is 6.66. The van der Waals surface area contributed by atoms with E-state index in [0.29, 0.717) is 26.2 Å². The van der Waals surface area contributed by atoms with Crippen LogP contribution >= 0.6 is 0 Å². The van der Waals surface area contributed by atoms with Crippen LogP contribution in [0.4, 0.5) is 4.79 Å². The molecule has 39 heavy (non-hydrogen) atoms. The molecular weight excluding hydrogens is 490 g/mol. The molecule has 2 aromatic rings. The van der Waals surface area contributed by atoms with Crippen LogP contribution in [0.1, 0.15) is 84.1 Å². The Morgan fingerprint density at radius 2 is 1.56 bits per heavy atom. The van der Waals surface area contributed by atoms with Gasteiger partial charge in [-0.15, -0.1) is 0 Å². The predicted molar refractivity (Wildman–Crippen MR) is 157 cm³/mol. The first kappa shape index (κ1) is 30.7. The number of hydrogen-bond acceptors (Lipinski definition) is 5. The van der Waals surface area contributed by atoms with Gasteiger partial charge >= 0.3 is 6.09 Å². The number of rotatable bonds is 15. The summed E-state index contributed by atoms with van der Waals surface area (Å²) < 4.78 is 17.2. The second kappa shape index (κ2) is 16.3. The lowest BCUT2D eigenvalue weighted by atomic mass is 10.1. The van der Waals surface area contributed by atoms with Crippen molar-refractivity contribution in [1.29, 1.82) is 0 Å². The Labute approximate surface area is 235 Å². The van der Waals surface area contributed by atoms with Gasteiger partial charge in [0.1, 0.15) is 17.1 Å². The number of likely N-dealkylation sites (tertiary alicyclic amines) is 1. The zero-order chi connectivity index (χ0) is 27.9. The second-order valence-corrected chi connectivity index (χ2v) is 11.4. The third-order valence-electron chi connectivity index (χ3n) is 6.66. The van der Waals surface area contributed by atoms with Gasteiger partial charge in [0, 0.05) is 6.61 Å². The maximum atomic E-state index is 12.4. The summed E-state index contributed by atoms with van der Waals surface area (Å²) in [6, 6.07) is 17.9. The van der Waals surface area contributed by atoms with Gasteiger partial charge in [0.15, 0.2) is 0 Å². The fourth-order valence-corrected chi connectivity index (χ4v) is 4.65. The number of allylic oxidation sites excluding steroid dienone is 1. The Hall–Kier alpha value is -2.83. The molecule has 1 aliphatic heterocycles. The Morgan fingerprint density at radius 3 is 2.26 bits per heavy atom. The summed E-state index contributed by atoms with van der Waals surface area (Å²) in [6.07, 6.45) is 13.6. The zero-order valence-corrected chi connectivity index (χ0v) is 24.0. The maximum absolute atomic E-state index is 12.4. The fourth-order valence-electron chi connectivity index (χ4n) is 4.65. The van der Waals surface area contributed by atoms with Crippen LogP contribution in [-0.2, 0) is 9.47 Å². The van der Waals surface area contributed by atoms with E-state index in [2.05, 4.69) is 24.3 Å². The lowest BCUT2D eigenvalue weighted by Crippen LogP contribution is -2.42. The molecule has 0 saturated carbocycles. The highest BCUT2D eigenvalue weighted by Crippen LogP contribution is 2.23. The van der Waals surface area contributed by atoms with Crippen molar-refractivity contribution in [3.05, 3.63) is 66.2 Å². The largest absolute Gasteiger partial charge is 0.457 e. The average molecular weight is 538 g/mol. The highest BCUT2D eigenvalue weighted by atomic mass is 16.6. The number of amides is 1. The molecule has 1 saturated heterocycles. The Balaban J connectivity index is 1.16. The molecule has 0 aliphatic carbocycles. The van der Waals surface area contributed by atoms with E-state index < -0.39 is 11.7 Å². The molecule has 3 rings (SSSR count). The van der Waals surface area contributed by atoms with Crippen molar-refractivity contribution >= 4 is 12.2 Å². The fraction of sp³-hybridized carbons (Fsp3) is 0.545. The summed E-state index contributed by atoms with van der Waals surface area (Å²) in [5, 5.41) is 10.00. The second-order valence-electron chi connectivity index (χ2n) is 11.4. The molecule has 0 aromatic heterocycles. The van der Waals surface area contributed by atoms with Crippen molar-refractivity contribution in [2.45, 2.75) is 96.3 Å². The van der Waals surface area contributed by atoms with Gasteiger partial charge in [-0.3, -0.25) is 0 Å². The molecule has 1 N–H and O–H groups in total. The van der Waals surface area contributed by atoms with Crippen LogP contribution in [0.3, 0.4) is 0 Å². The van der Waals surface area contributed by atoms with Crippen LogP contribution < -0.4 is 4.74 Å². The van der Waals surface area contributed by atoms with E-state index in [1.807, 2.05) is 63.2 Å². The summed E-state index contributed by atoms with van der Waals surface area (Å²) in [4.78, 5) is 14.0. The molecule has 1 heterocycles. The number of unbranched alkanes of at least 4 members (excludes halogenated alkanes) is 7. The first-order chi connectivity index (χ1) is 18.8. The average Bonchev–Trinajstić information content (AvgIpc) is 3.28. The molecule has 6 heteroatoms. The number of benzene rings is 2. The zero-order valence-electron chi connectivity index (χ0n) is 24.0. The number of ether oxygens (including phenoxy) is 3. The maximum Gasteiger partial charge on any atom is 0.410 e. The van der Waals surface area contributed by atoms with Gasteiger partial charge in [-0.2, -0.15) is 0 Å². The summed E-state index contributed by atoms with van der Waals surface area (Å²) in [6.45, 7) is 7.02. The van der Waals surface area contributed by atoms with Crippen LogP contribution in [0.15, 0.2) is 60.7 Å². The number of hydrogen-bond donors (Lipinski definition) is 1. The summed E-state index contributed by atoms with van der Waals surface area (Å²) in [7, 11) is 0. The molecule has 0 spiro atoms. The highest BCUT2D eigenvalue weighted by molar-refractivity contribution is 5.69. The van der Waals surface area contributed by atoms with E-state index in [-0.39, 0.29) is 12.1 Å². The van der Waals surface area contributed by atoms with Crippen molar-refractivity contribution in [3.63, 3.8) is 0 Å². The quantitative estimate of drug-likeness (QED) is 0.233. The Bertz CT molecular complexity index is 983. The molecule has 1 amide bonds. The van der Waals surface area contributed by atoms with Crippen LogP contribution in [0, 0.1) is 0 Å². The van der Waals surface area contributed by atoms with Gasteiger partial charge in [-0.05, 0) is 76.3 Å². The van der Waals surface area contributed by atoms with E-state index in [1.54, 1.807) is 4.90 Å². The molecule has 1 fully saturated rings. The molecule has 0 radical (unpaired) electrons. The molecule has 0 bridgehead atoms. The molecule has 6 nitrogen and oxygen atoms in total. The smallest absolute Gasteiger partial charge is 0.410 e. The van der Waals surface area contributed by atoms with Gasteiger partial charge in [-0.25, -0.2) is 4.79 Å². The number of aliphatic hydroxyl groups excluding tert-OH is 1. The van der Waals surface area contributed by atoms with Gasteiger partial charge in [0.25, 0.3) is 0 Å². The minimum Gasteiger partial charge on any atom is -0.457 e. The van der Waals surface area contributed by atoms with Crippen LogP contribution in [0.5, 0.6) is 11.5 Å². The van der Waals surface area contributed by atoms with Gasteiger partial charge in [0.05, 0.1) is 25.3 Å². The molecule has 2 atom stereocenters. The van der Waals surface area contributed by atoms with Crippen LogP contribution in [-0.4, -0.2) is 53.6 Å². The lowest BCUT2D eigenvalue weighted by Gasteiger charge is -2.28. The van der Waals surface area contributed by atoms with E-state index >= 15 is 0 Å². The minimum atomic E-state index is -0.543. The highest BCUT2D eigenvalue weighted by Gasteiger charge is 2.36. The normalized spacial score (nSPS) is 17.6. The number of nitrogens with zero attached hydrogens (tertiary/aromatic N) is 1. The monoisotopic (exact) mass is 537 g/mol. The van der Waals surface area contributed by atoms with Crippen LogP contribution in [0.25, 0.3) is 6.08 Å². The summed E-state index contributed by atoms with van der Waals surface area (Å²) in [5.74, 6) is 1.70. The van der Waals surface area contributed by atoms with Crippen molar-refractivity contribution in [3.8, 4) is 11.5 Å². The van der Waals surface area contributed by atoms with Crippen molar-refractivity contribution in [2.24, 2.45) is 0 Å². The number of carbonyl (C=O) groups is 1. The van der Waals surface area contributed by atoms with Crippen LogP contribution in [0.2, 0.25) is 0 Å². The summed E-state index contributed by atoms with van der Waals surface area (Å²) in [5.41, 5.74) is 0.651. The molecule has 2 aromatic carbocycles. The molecule has 214 valence electrons. The molecule has 1 aliphatic rings. The van der Waals surface area contributed by atoms with Crippen molar-refractivity contribution in [2.75, 3.05) is 19.8 Å². The number of para-hydroxylation sites is 1. The Morgan fingerprint density at radius 1 is 0.923 bits per heavy atom. The number of carbonyl (C=O) groups excluding carboxylic acids is 1. The number of β-amino-alcohol motifs (C(OH)–C–C–N with tert-alkyl or cyclic N) is 1. The van der Waals surface area contributed by atoms with E-state index in [0.717, 1.165) is 30.8 Å². The summed E-state index contributed by atoms with van der Waals surface area (Å²) >= 11 is 0. The van der Waals surface area contributed by atoms with E-state index in [4.69, 9.17) is 14.2 Å². The van der Waals surface area contributed by atoms with Gasteiger partial charge in [0.2, 0.25) is 0 Å². The van der Waals surface area contributed by atoms with E-state index in [1.165, 1.54) is 37.7 Å². The molecule has 0 unspecified atom stereocenters. The minimum absolute atomic E-state index is 0.114. The van der Waals surface area contributed by atoms with Crippen molar-refractivity contribution < 1.29 is 24.1 Å². The topological polar surface area (TPSA) is 68.2 Å².